The number of benzene rings is 2. The molecule has 2 saturated heterocycles. The number of nitrogens with zero attached hydrogens (tertiary/aromatic N) is 5. The summed E-state index contributed by atoms with van der Waals surface area (Å²) in [4.78, 5) is 68.5. The van der Waals surface area contributed by atoms with E-state index in [1.54, 1.807) is 30.6 Å². The second kappa shape index (κ2) is 19.8. The predicted octanol–water partition coefficient (Wildman–Crippen LogP) is 8.18. The first kappa shape index (κ1) is 47.0. The quantitative estimate of drug-likeness (QED) is 0.123. The van der Waals surface area contributed by atoms with Crippen molar-refractivity contribution in [3.63, 3.8) is 0 Å². The molecule has 0 bridgehead atoms. The van der Waals surface area contributed by atoms with Gasteiger partial charge in [-0.1, -0.05) is 76.2 Å². The minimum Gasteiger partial charge on any atom is -0.464 e. The van der Waals surface area contributed by atoms with Gasteiger partial charge in [0.2, 0.25) is 23.6 Å². The second-order valence-electron chi connectivity index (χ2n) is 18.3. The van der Waals surface area contributed by atoms with E-state index in [9.17, 15) is 19.2 Å². The minimum absolute atomic E-state index is 0.0334. The van der Waals surface area contributed by atoms with Gasteiger partial charge in [0.15, 0.2) is 0 Å². The molecule has 2 aromatic carbocycles. The molecule has 4 aliphatic rings. The van der Waals surface area contributed by atoms with E-state index in [0.29, 0.717) is 40.3 Å². The standard InChI is InChI=1S/C26H26N4O3.C23H21N3O4.C4H9N/c1-26(2,25(27)32)22-17-7-3-4-8-21(17)33-23-18(22)10-12-19(29-23)16-9-11-20(28-15-16)24(31)30-13-5-6-14-30;1-23(2,22(24)28)19-14-6-4-5-7-18(14)30-20-15(19)9-11-16(26-20)13-8-10-17(25-12-13)21(27)29-3;1-2-4-5-3-1/h3-4,7-12,15,22H,5-6,13-14H2,1-2H3,(H2,27,32);4-12,19H,1-3H3,(H2,24,28);5H,1-4H2/t22-;19-;/m00./s1. The first-order valence-electron chi connectivity index (χ1n) is 22.9. The number of nitrogens with one attached hydrogen (secondary N) is 1. The molecule has 15 heteroatoms. The van der Waals surface area contributed by atoms with E-state index in [1.165, 1.54) is 33.0 Å². The Morgan fingerprint density at radius 2 is 1.06 bits per heavy atom. The molecule has 0 saturated carbocycles. The summed E-state index contributed by atoms with van der Waals surface area (Å²) in [5.74, 6) is 0.275. The highest BCUT2D eigenvalue weighted by Gasteiger charge is 2.44. The fourth-order valence-electron chi connectivity index (χ4n) is 8.98. The molecule has 2 fully saturated rings. The number of amides is 3. The maximum absolute atomic E-state index is 12.6. The average molecular weight is 917 g/mol. The van der Waals surface area contributed by atoms with Gasteiger partial charge < -0.3 is 35.9 Å². The van der Waals surface area contributed by atoms with E-state index >= 15 is 0 Å². The number of para-hydroxylation sites is 2. The molecule has 8 heterocycles. The van der Waals surface area contributed by atoms with Crippen molar-refractivity contribution in [3.8, 4) is 45.8 Å². The van der Waals surface area contributed by atoms with E-state index in [4.69, 9.17) is 25.9 Å². The third-order valence-electron chi connectivity index (χ3n) is 13.1. The van der Waals surface area contributed by atoms with Gasteiger partial charge in [0.25, 0.3) is 5.91 Å². The summed E-state index contributed by atoms with van der Waals surface area (Å²) in [5.41, 5.74) is 16.7. The molecule has 6 aromatic rings. The number of aromatic nitrogens is 4. The average Bonchev–Trinajstić information content (AvgIpc) is 4.13. The number of ether oxygens (including phenoxy) is 3. The van der Waals surface area contributed by atoms with Gasteiger partial charge in [-0.3, -0.25) is 19.4 Å². The number of rotatable bonds is 8. The fourth-order valence-corrected chi connectivity index (χ4v) is 8.98. The number of likely N-dealkylation sites (tertiary alicyclic amines) is 1. The summed E-state index contributed by atoms with van der Waals surface area (Å²) in [5, 5.41) is 3.22. The zero-order chi connectivity index (χ0) is 48.2. The van der Waals surface area contributed by atoms with Crippen LogP contribution in [0, 0.1) is 10.8 Å². The second-order valence-corrected chi connectivity index (χ2v) is 18.3. The minimum atomic E-state index is -0.846. The monoisotopic (exact) mass is 916 g/mol. The molecule has 3 amide bonds. The van der Waals surface area contributed by atoms with Crippen molar-refractivity contribution in [3.05, 3.63) is 143 Å². The summed E-state index contributed by atoms with van der Waals surface area (Å²) >= 11 is 0. The Morgan fingerprint density at radius 1 is 0.603 bits per heavy atom. The molecule has 0 radical (unpaired) electrons. The number of nitrogens with two attached hydrogens (primary N) is 2. The van der Waals surface area contributed by atoms with Crippen LogP contribution in [0.2, 0.25) is 0 Å². The lowest BCUT2D eigenvalue weighted by Gasteiger charge is -2.36. The Hall–Kier alpha value is -7.52. The van der Waals surface area contributed by atoms with Crippen LogP contribution in [0.15, 0.2) is 109 Å². The molecular formula is C53H56N8O7. The van der Waals surface area contributed by atoms with E-state index in [2.05, 4.69) is 25.0 Å². The SMILES string of the molecule is C1CCNC1.CC(C)(C(N)=O)[C@H]1c2ccccc2Oc2nc(-c3ccc(C(=O)N4CCCC4)nc3)ccc21.COC(=O)c1ccc(-c2ccc3c(n2)Oc2ccccc2[C@@H]3C(C)(C)C(N)=O)cn1. The van der Waals surface area contributed by atoms with Crippen LogP contribution in [0.3, 0.4) is 0 Å². The molecule has 15 nitrogen and oxygen atoms in total. The molecule has 10 rings (SSSR count). The lowest BCUT2D eigenvalue weighted by atomic mass is 9.70. The number of pyridine rings is 4. The highest BCUT2D eigenvalue weighted by atomic mass is 16.5. The van der Waals surface area contributed by atoms with Crippen molar-refractivity contribution in [2.24, 2.45) is 22.3 Å². The molecule has 0 aliphatic carbocycles. The molecule has 5 N–H and O–H groups in total. The zero-order valence-corrected chi connectivity index (χ0v) is 39.0. The number of hydrogen-bond donors (Lipinski definition) is 3. The fraction of sp³-hybridized carbons (Fsp3) is 0.321. The summed E-state index contributed by atoms with van der Waals surface area (Å²) in [7, 11) is 1.31. The molecular weight excluding hydrogens is 861 g/mol. The van der Waals surface area contributed by atoms with Crippen LogP contribution in [-0.2, 0) is 14.3 Å². The summed E-state index contributed by atoms with van der Waals surface area (Å²) in [6.07, 6.45) is 8.08. The molecule has 68 heavy (non-hydrogen) atoms. The van der Waals surface area contributed by atoms with Gasteiger partial charge in [-0.05, 0) is 87.3 Å². The Morgan fingerprint density at radius 3 is 1.46 bits per heavy atom. The molecule has 4 aliphatic heterocycles. The van der Waals surface area contributed by atoms with Gasteiger partial charge in [0.05, 0.1) is 29.3 Å². The number of hydrogen-bond acceptors (Lipinski definition) is 12. The Balaban J connectivity index is 0.000000167. The number of esters is 1. The smallest absolute Gasteiger partial charge is 0.356 e. The van der Waals surface area contributed by atoms with Gasteiger partial charge in [-0.15, -0.1) is 0 Å². The van der Waals surface area contributed by atoms with Crippen molar-refractivity contribution in [1.82, 2.24) is 30.2 Å². The van der Waals surface area contributed by atoms with Crippen molar-refractivity contribution in [2.75, 3.05) is 33.3 Å². The van der Waals surface area contributed by atoms with Crippen LogP contribution in [0.5, 0.6) is 23.3 Å². The lowest BCUT2D eigenvalue weighted by molar-refractivity contribution is -0.127. The number of methoxy groups -OCH3 is 1. The van der Waals surface area contributed by atoms with Crippen molar-refractivity contribution in [1.29, 1.82) is 0 Å². The third kappa shape index (κ3) is 9.52. The van der Waals surface area contributed by atoms with Gasteiger partial charge >= 0.3 is 5.97 Å². The first-order valence-corrected chi connectivity index (χ1v) is 22.9. The van der Waals surface area contributed by atoms with Crippen LogP contribution in [0.25, 0.3) is 22.5 Å². The number of carbonyl (C=O) groups excluding carboxylic acids is 4. The summed E-state index contributed by atoms with van der Waals surface area (Å²) < 4.78 is 16.9. The predicted molar refractivity (Wildman–Crippen MR) is 256 cm³/mol. The van der Waals surface area contributed by atoms with Crippen LogP contribution < -0.4 is 26.3 Å². The Kier molecular flexibility index (Phi) is 13.6. The largest absolute Gasteiger partial charge is 0.464 e. The van der Waals surface area contributed by atoms with Gasteiger partial charge in [-0.2, -0.15) is 0 Å². The maximum atomic E-state index is 12.6. The molecule has 350 valence electrons. The molecule has 2 atom stereocenters. The molecule has 4 aromatic heterocycles. The number of primary amides is 2. The van der Waals surface area contributed by atoms with Crippen molar-refractivity contribution in [2.45, 2.75) is 65.2 Å². The Bertz CT molecular complexity index is 2830. The third-order valence-corrected chi connectivity index (χ3v) is 13.1. The van der Waals surface area contributed by atoms with Gasteiger partial charge in [0.1, 0.15) is 22.9 Å². The van der Waals surface area contributed by atoms with Gasteiger partial charge in [0, 0.05) is 70.7 Å². The Labute approximate surface area is 395 Å². The topological polar surface area (TPSA) is 215 Å². The van der Waals surface area contributed by atoms with E-state index in [0.717, 1.165) is 59.3 Å². The lowest BCUT2D eigenvalue weighted by Crippen LogP contribution is -2.38. The van der Waals surface area contributed by atoms with Crippen molar-refractivity contribution >= 4 is 23.7 Å². The molecule has 0 unspecified atom stereocenters. The maximum Gasteiger partial charge on any atom is 0.356 e. The number of fused-ring (bicyclic) bond motifs is 4. The highest BCUT2D eigenvalue weighted by molar-refractivity contribution is 5.93. The van der Waals surface area contributed by atoms with Crippen LogP contribution in [0.4, 0.5) is 0 Å². The van der Waals surface area contributed by atoms with E-state index < -0.39 is 22.7 Å². The van der Waals surface area contributed by atoms with E-state index in [-0.39, 0.29) is 29.3 Å². The van der Waals surface area contributed by atoms with Gasteiger partial charge in [-0.25, -0.2) is 19.7 Å². The van der Waals surface area contributed by atoms with Crippen LogP contribution >= 0.6 is 0 Å². The first-order chi connectivity index (χ1) is 32.7. The van der Waals surface area contributed by atoms with Crippen LogP contribution in [-0.4, -0.2) is 81.8 Å². The normalized spacial score (nSPS) is 16.6. The van der Waals surface area contributed by atoms with Crippen molar-refractivity contribution < 1.29 is 33.4 Å². The number of carbonyl (C=O) groups is 4. The molecule has 0 spiro atoms. The summed E-state index contributed by atoms with van der Waals surface area (Å²) in [6, 6.07) is 29.7. The summed E-state index contributed by atoms with van der Waals surface area (Å²) in [6.45, 7) is 11.4. The van der Waals surface area contributed by atoms with E-state index in [1.807, 2.05) is 111 Å². The zero-order valence-electron chi connectivity index (χ0n) is 39.0. The van der Waals surface area contributed by atoms with Crippen LogP contribution in [0.1, 0.15) is 108 Å². The highest BCUT2D eigenvalue weighted by Crippen LogP contribution is 2.53.